The fourth-order valence-electron chi connectivity index (χ4n) is 2.65. The average molecular weight is 386 g/mol. The monoisotopic (exact) mass is 386 g/mol. The van der Waals surface area contributed by atoms with Crippen molar-refractivity contribution >= 4 is 33.5 Å². The van der Waals surface area contributed by atoms with E-state index in [1.54, 1.807) is 43.5 Å². The zero-order valence-corrected chi connectivity index (χ0v) is 15.7. The maximum Gasteiger partial charge on any atom is 0.339 e. The van der Waals surface area contributed by atoms with Gasteiger partial charge in [0.15, 0.2) is 0 Å². The van der Waals surface area contributed by atoms with Gasteiger partial charge in [-0.25, -0.2) is 14.6 Å². The van der Waals surface area contributed by atoms with Crippen molar-refractivity contribution in [2.75, 3.05) is 13.2 Å². The Bertz CT molecular complexity index is 1050. The number of hydrogen-bond acceptors (Lipinski definition) is 7. The molecule has 0 amide bonds. The second-order valence-electron chi connectivity index (χ2n) is 5.65. The number of nitrogens with zero attached hydrogens (tertiary/aromatic N) is 2. The normalized spacial score (nSPS) is 10.7. The number of fused-ring (bicyclic) bond motifs is 1. The van der Waals surface area contributed by atoms with E-state index in [0.717, 1.165) is 5.56 Å². The van der Waals surface area contributed by atoms with Crippen LogP contribution in [0.15, 0.2) is 40.8 Å². The Hall–Kier alpha value is -3.00. The molecule has 0 N–H and O–H groups in total. The molecule has 0 aliphatic rings. The van der Waals surface area contributed by atoms with E-state index in [1.807, 2.05) is 0 Å². The molecule has 0 saturated carbocycles. The van der Waals surface area contributed by atoms with E-state index in [9.17, 15) is 14.4 Å². The van der Waals surface area contributed by atoms with Gasteiger partial charge in [0.1, 0.15) is 4.83 Å². The van der Waals surface area contributed by atoms with Crippen molar-refractivity contribution in [2.24, 2.45) is 0 Å². The summed E-state index contributed by atoms with van der Waals surface area (Å²) in [6, 6.07) is 6.87. The third-order valence-electron chi connectivity index (χ3n) is 3.85. The Kier molecular flexibility index (Phi) is 5.66. The highest BCUT2D eigenvalue weighted by molar-refractivity contribution is 7.17. The van der Waals surface area contributed by atoms with Crippen molar-refractivity contribution in [1.29, 1.82) is 0 Å². The highest BCUT2D eigenvalue weighted by Crippen LogP contribution is 2.21. The molecule has 140 valence electrons. The van der Waals surface area contributed by atoms with Gasteiger partial charge in [-0.2, -0.15) is 0 Å². The van der Waals surface area contributed by atoms with Crippen LogP contribution in [0.4, 0.5) is 0 Å². The van der Waals surface area contributed by atoms with Crippen molar-refractivity contribution in [3.63, 3.8) is 0 Å². The summed E-state index contributed by atoms with van der Waals surface area (Å²) in [4.78, 5) is 41.6. The number of carbonyl (C=O) groups is 2. The van der Waals surface area contributed by atoms with Crippen molar-refractivity contribution in [3.8, 4) is 0 Å². The van der Waals surface area contributed by atoms with Gasteiger partial charge in [0, 0.05) is 5.38 Å². The van der Waals surface area contributed by atoms with Gasteiger partial charge in [0.2, 0.25) is 0 Å². The summed E-state index contributed by atoms with van der Waals surface area (Å²) in [6.45, 7) is 4.18. The number of ether oxygens (including phenoxy) is 2. The molecule has 0 radical (unpaired) electrons. The second-order valence-corrected chi connectivity index (χ2v) is 6.51. The third-order valence-corrected chi connectivity index (χ3v) is 4.73. The lowest BCUT2D eigenvalue weighted by Gasteiger charge is -2.08. The Morgan fingerprint density at radius 1 is 1.15 bits per heavy atom. The quantitative estimate of drug-likeness (QED) is 0.606. The van der Waals surface area contributed by atoms with E-state index in [0.29, 0.717) is 10.4 Å². The van der Waals surface area contributed by atoms with Crippen LogP contribution in [0.2, 0.25) is 0 Å². The number of rotatable bonds is 6. The molecule has 0 bridgehead atoms. The summed E-state index contributed by atoms with van der Waals surface area (Å²) in [5, 5.41) is 1.84. The van der Waals surface area contributed by atoms with Crippen LogP contribution in [0.5, 0.6) is 0 Å². The molecule has 2 heterocycles. The first-order chi connectivity index (χ1) is 13.0. The van der Waals surface area contributed by atoms with Gasteiger partial charge in [0.25, 0.3) is 5.56 Å². The van der Waals surface area contributed by atoms with Gasteiger partial charge in [-0.3, -0.25) is 9.36 Å². The Balaban J connectivity index is 1.96. The molecule has 0 saturated heterocycles. The zero-order chi connectivity index (χ0) is 19.4. The van der Waals surface area contributed by atoms with Crippen LogP contribution in [0.25, 0.3) is 10.2 Å². The maximum absolute atomic E-state index is 12.9. The van der Waals surface area contributed by atoms with Crippen molar-refractivity contribution in [2.45, 2.75) is 20.4 Å². The van der Waals surface area contributed by atoms with Crippen molar-refractivity contribution in [1.82, 2.24) is 9.55 Å². The number of aromatic nitrogens is 2. The lowest BCUT2D eigenvalue weighted by atomic mass is 10.1. The summed E-state index contributed by atoms with van der Waals surface area (Å²) in [5.41, 5.74) is 1.06. The predicted molar refractivity (Wildman–Crippen MR) is 101 cm³/mol. The first-order valence-electron chi connectivity index (χ1n) is 8.45. The SMILES string of the molecule is CCOC(=O)c1cccc(Cn2cnc3scc(C(=O)OCC)c3c2=O)c1. The van der Waals surface area contributed by atoms with Gasteiger partial charge < -0.3 is 9.47 Å². The molecule has 27 heavy (non-hydrogen) atoms. The van der Waals surface area contributed by atoms with E-state index in [1.165, 1.54) is 22.2 Å². The van der Waals surface area contributed by atoms with E-state index >= 15 is 0 Å². The van der Waals surface area contributed by atoms with Gasteiger partial charge in [-0.05, 0) is 31.5 Å². The summed E-state index contributed by atoms with van der Waals surface area (Å²) >= 11 is 1.22. The number of benzene rings is 1. The van der Waals surface area contributed by atoms with Crippen molar-refractivity contribution in [3.05, 3.63) is 63.0 Å². The molecule has 7 nitrogen and oxygen atoms in total. The zero-order valence-electron chi connectivity index (χ0n) is 14.9. The smallest absolute Gasteiger partial charge is 0.339 e. The Labute approximate surface area is 159 Å². The minimum Gasteiger partial charge on any atom is -0.462 e. The largest absolute Gasteiger partial charge is 0.462 e. The minimum absolute atomic E-state index is 0.215. The summed E-state index contributed by atoms with van der Waals surface area (Å²) in [5.74, 6) is -0.951. The Morgan fingerprint density at radius 2 is 1.89 bits per heavy atom. The molecule has 3 aromatic rings. The highest BCUT2D eigenvalue weighted by atomic mass is 32.1. The van der Waals surface area contributed by atoms with Gasteiger partial charge in [-0.1, -0.05) is 12.1 Å². The lowest BCUT2D eigenvalue weighted by molar-refractivity contribution is 0.0518. The van der Waals surface area contributed by atoms with E-state index < -0.39 is 11.9 Å². The van der Waals surface area contributed by atoms with Crippen molar-refractivity contribution < 1.29 is 19.1 Å². The van der Waals surface area contributed by atoms with Gasteiger partial charge in [0.05, 0.1) is 42.6 Å². The van der Waals surface area contributed by atoms with E-state index in [2.05, 4.69) is 4.98 Å². The van der Waals surface area contributed by atoms with Crippen LogP contribution in [0.3, 0.4) is 0 Å². The molecule has 8 heteroatoms. The second kappa shape index (κ2) is 8.13. The average Bonchev–Trinajstić information content (AvgIpc) is 3.10. The number of esters is 2. The summed E-state index contributed by atoms with van der Waals surface area (Å²) in [7, 11) is 0. The topological polar surface area (TPSA) is 87.5 Å². The first kappa shape index (κ1) is 18.8. The Morgan fingerprint density at radius 3 is 2.63 bits per heavy atom. The molecule has 3 rings (SSSR count). The highest BCUT2D eigenvalue weighted by Gasteiger charge is 2.18. The van der Waals surface area contributed by atoms with Crippen LogP contribution in [-0.2, 0) is 16.0 Å². The maximum atomic E-state index is 12.9. The summed E-state index contributed by atoms with van der Waals surface area (Å²) in [6.07, 6.45) is 1.44. The fraction of sp³-hybridized carbons (Fsp3) is 0.263. The molecular weight excluding hydrogens is 368 g/mol. The number of thiophene rings is 1. The molecule has 0 fully saturated rings. The number of hydrogen-bond donors (Lipinski definition) is 0. The molecule has 0 unspecified atom stereocenters. The molecular formula is C19H18N2O5S. The standard InChI is InChI=1S/C19H18N2O5S/c1-3-25-18(23)13-7-5-6-12(8-13)9-21-11-20-16-15(17(21)22)14(10-27-16)19(24)26-4-2/h5-8,10-11H,3-4,9H2,1-2H3. The molecule has 0 atom stereocenters. The van der Waals surface area contributed by atoms with Crippen LogP contribution < -0.4 is 5.56 Å². The van der Waals surface area contributed by atoms with Gasteiger partial charge >= 0.3 is 11.9 Å². The summed E-state index contributed by atoms with van der Waals surface area (Å²) < 4.78 is 11.4. The molecule has 0 aliphatic carbocycles. The molecule has 1 aromatic carbocycles. The van der Waals surface area contributed by atoms with Crippen LogP contribution in [0, 0.1) is 0 Å². The van der Waals surface area contributed by atoms with Crippen LogP contribution >= 0.6 is 11.3 Å². The number of carbonyl (C=O) groups excluding carboxylic acids is 2. The van der Waals surface area contributed by atoms with E-state index in [4.69, 9.17) is 9.47 Å². The third kappa shape index (κ3) is 3.90. The van der Waals surface area contributed by atoms with Crippen LogP contribution in [0.1, 0.15) is 40.1 Å². The first-order valence-corrected chi connectivity index (χ1v) is 9.33. The molecule has 0 spiro atoms. The lowest BCUT2D eigenvalue weighted by Crippen LogP contribution is -2.22. The predicted octanol–water partition coefficient (Wildman–Crippen LogP) is 2.86. The molecule has 0 aliphatic heterocycles. The minimum atomic E-state index is -0.537. The molecule has 2 aromatic heterocycles. The fourth-order valence-corrected chi connectivity index (χ4v) is 3.51. The van der Waals surface area contributed by atoms with Gasteiger partial charge in [-0.15, -0.1) is 11.3 Å². The van der Waals surface area contributed by atoms with E-state index in [-0.39, 0.29) is 36.3 Å². The van der Waals surface area contributed by atoms with Crippen LogP contribution in [-0.4, -0.2) is 34.7 Å².